The third kappa shape index (κ3) is 0.611. The average Bonchev–Trinajstić information content (AvgIpc) is 2.20. The molecule has 3 rings (SSSR count). The smallest absolute Gasteiger partial charge is 0.226 e. The quantitative estimate of drug-likeness (QED) is 0.565. The third-order valence-electron chi connectivity index (χ3n) is 2.56. The first-order valence-corrected chi connectivity index (χ1v) is 3.83. The second kappa shape index (κ2) is 1.95. The zero-order valence-electron chi connectivity index (χ0n) is 5.92. The van der Waals surface area contributed by atoms with Crippen molar-refractivity contribution in [2.24, 2.45) is 11.7 Å². The minimum atomic E-state index is 0.343. The van der Waals surface area contributed by atoms with Gasteiger partial charge in [0.1, 0.15) is 0 Å². The molecule has 0 atom stereocenters. The number of carbonyl (C=O) groups is 1. The van der Waals surface area contributed by atoms with Gasteiger partial charge in [0.2, 0.25) is 5.91 Å². The maximum absolute atomic E-state index is 11.2. The summed E-state index contributed by atoms with van der Waals surface area (Å²) in [6.07, 6.45) is 2.19. The highest BCUT2D eigenvalue weighted by atomic mass is 16.2. The molecule has 3 fully saturated rings. The largest absolute Gasteiger partial charge is 0.338 e. The molecule has 0 aromatic rings. The van der Waals surface area contributed by atoms with Gasteiger partial charge in [0.25, 0.3) is 0 Å². The van der Waals surface area contributed by atoms with E-state index in [0.717, 1.165) is 19.4 Å². The lowest BCUT2D eigenvalue weighted by Crippen LogP contribution is -2.34. The Labute approximate surface area is 60.2 Å². The summed E-state index contributed by atoms with van der Waals surface area (Å²) >= 11 is 0. The first-order chi connectivity index (χ1) is 4.83. The molecular formula is C7H12N2O. The van der Waals surface area contributed by atoms with Gasteiger partial charge in [-0.05, 0) is 12.8 Å². The van der Waals surface area contributed by atoms with Gasteiger partial charge in [0.15, 0.2) is 0 Å². The van der Waals surface area contributed by atoms with E-state index >= 15 is 0 Å². The van der Waals surface area contributed by atoms with Gasteiger partial charge in [-0.2, -0.15) is 0 Å². The molecule has 0 aromatic carbocycles. The number of rotatable bonds is 2. The first-order valence-electron chi connectivity index (χ1n) is 3.83. The molecule has 1 saturated carbocycles. The van der Waals surface area contributed by atoms with Gasteiger partial charge in [-0.1, -0.05) is 0 Å². The summed E-state index contributed by atoms with van der Waals surface area (Å²) in [4.78, 5) is 13.1. The van der Waals surface area contributed by atoms with E-state index in [-0.39, 0.29) is 0 Å². The molecule has 0 unspecified atom stereocenters. The molecule has 56 valence electrons. The van der Waals surface area contributed by atoms with Crippen LogP contribution < -0.4 is 5.73 Å². The number of amides is 1. The van der Waals surface area contributed by atoms with Crippen molar-refractivity contribution in [3.8, 4) is 0 Å². The number of hydrogen-bond acceptors (Lipinski definition) is 2. The van der Waals surface area contributed by atoms with Gasteiger partial charge in [0, 0.05) is 25.0 Å². The lowest BCUT2D eigenvalue weighted by atomic mass is 9.86. The summed E-state index contributed by atoms with van der Waals surface area (Å²) in [5, 5.41) is 0. The van der Waals surface area contributed by atoms with Crippen LogP contribution in [-0.2, 0) is 4.79 Å². The van der Waals surface area contributed by atoms with Crippen molar-refractivity contribution in [1.29, 1.82) is 0 Å². The summed E-state index contributed by atoms with van der Waals surface area (Å²) in [5.74, 6) is 0.715. The highest BCUT2D eigenvalue weighted by molar-refractivity contribution is 5.84. The van der Waals surface area contributed by atoms with Crippen LogP contribution in [0.3, 0.4) is 0 Å². The zero-order valence-corrected chi connectivity index (χ0v) is 5.92. The molecule has 0 aromatic heterocycles. The lowest BCUT2D eigenvalue weighted by Gasteiger charge is -2.24. The Morgan fingerprint density at radius 2 is 2.30 bits per heavy atom. The van der Waals surface area contributed by atoms with Crippen LogP contribution in [0, 0.1) is 5.92 Å². The highest BCUT2D eigenvalue weighted by Gasteiger charge is 2.48. The van der Waals surface area contributed by atoms with Crippen molar-refractivity contribution in [2.45, 2.75) is 18.9 Å². The monoisotopic (exact) mass is 140 g/mol. The normalized spacial score (nSPS) is 36.5. The highest BCUT2D eigenvalue weighted by Crippen LogP contribution is 2.41. The Kier molecular flexibility index (Phi) is 1.20. The summed E-state index contributed by atoms with van der Waals surface area (Å²) in [5.41, 5.74) is 5.36. The van der Waals surface area contributed by atoms with E-state index in [2.05, 4.69) is 0 Å². The van der Waals surface area contributed by atoms with Crippen LogP contribution >= 0.6 is 0 Å². The molecule has 10 heavy (non-hydrogen) atoms. The second-order valence-electron chi connectivity index (χ2n) is 3.14. The minimum Gasteiger partial charge on any atom is -0.338 e. The van der Waals surface area contributed by atoms with Crippen LogP contribution in [-0.4, -0.2) is 29.9 Å². The molecule has 1 amide bonds. The fourth-order valence-corrected chi connectivity index (χ4v) is 1.89. The molecule has 2 saturated heterocycles. The van der Waals surface area contributed by atoms with E-state index in [1.165, 1.54) is 0 Å². The molecule has 2 heterocycles. The average molecular weight is 140 g/mol. The molecule has 0 radical (unpaired) electrons. The number of nitrogens with two attached hydrogens (primary N) is 1. The van der Waals surface area contributed by atoms with Crippen molar-refractivity contribution >= 4 is 5.91 Å². The van der Waals surface area contributed by atoms with Crippen LogP contribution in [0.1, 0.15) is 12.8 Å². The number of hydrogen-bond donors (Lipinski definition) is 1. The predicted molar refractivity (Wildman–Crippen MR) is 37.3 cm³/mol. The number of nitrogens with zero attached hydrogens (tertiary/aromatic N) is 1. The molecule has 1 aliphatic carbocycles. The van der Waals surface area contributed by atoms with Crippen LogP contribution in [0.4, 0.5) is 0 Å². The van der Waals surface area contributed by atoms with E-state index < -0.39 is 0 Å². The van der Waals surface area contributed by atoms with Gasteiger partial charge in [-0.15, -0.1) is 0 Å². The third-order valence-corrected chi connectivity index (χ3v) is 2.56. The van der Waals surface area contributed by atoms with Crippen LogP contribution in [0.5, 0.6) is 0 Å². The summed E-state index contributed by atoms with van der Waals surface area (Å²) in [7, 11) is 0. The van der Waals surface area contributed by atoms with Crippen molar-refractivity contribution in [3.05, 3.63) is 0 Å². The van der Waals surface area contributed by atoms with Crippen molar-refractivity contribution in [2.75, 3.05) is 13.1 Å². The maximum atomic E-state index is 11.2. The Morgan fingerprint density at radius 3 is 2.70 bits per heavy atom. The number of carbonyl (C=O) groups excluding carboxylic acids is 1. The summed E-state index contributed by atoms with van der Waals surface area (Å²) in [6, 6.07) is 0.557. The van der Waals surface area contributed by atoms with Crippen molar-refractivity contribution in [3.63, 3.8) is 0 Å². The van der Waals surface area contributed by atoms with Crippen LogP contribution in [0.2, 0.25) is 0 Å². The Hall–Kier alpha value is -0.570. The SMILES string of the molecule is NCCN1C(=O)C2CC1C2. The maximum Gasteiger partial charge on any atom is 0.226 e. The van der Waals surface area contributed by atoms with Crippen LogP contribution in [0.15, 0.2) is 0 Å². The molecule has 0 spiro atoms. The van der Waals surface area contributed by atoms with Crippen molar-refractivity contribution in [1.82, 2.24) is 4.90 Å². The Balaban J connectivity index is 2.02. The lowest BCUT2D eigenvalue weighted by molar-refractivity contribution is -0.128. The molecule has 3 aliphatic rings. The second-order valence-corrected chi connectivity index (χ2v) is 3.14. The topological polar surface area (TPSA) is 46.3 Å². The first kappa shape index (κ1) is 6.16. The van der Waals surface area contributed by atoms with E-state index in [4.69, 9.17) is 5.73 Å². The minimum absolute atomic E-state index is 0.343. The molecule has 3 heteroatoms. The van der Waals surface area contributed by atoms with E-state index in [1.807, 2.05) is 4.90 Å². The molecular weight excluding hydrogens is 128 g/mol. The van der Waals surface area contributed by atoms with Gasteiger partial charge in [-0.3, -0.25) is 4.79 Å². The van der Waals surface area contributed by atoms with E-state index in [9.17, 15) is 4.79 Å². The Morgan fingerprint density at radius 1 is 1.60 bits per heavy atom. The summed E-state index contributed by atoms with van der Waals surface area (Å²) < 4.78 is 0. The molecule has 3 nitrogen and oxygen atoms in total. The predicted octanol–water partition coefficient (Wildman–Crippen LogP) is -0.434. The van der Waals surface area contributed by atoms with Gasteiger partial charge in [0.05, 0.1) is 0 Å². The molecule has 2 bridgehead atoms. The Bertz CT molecular complexity index is 163. The van der Waals surface area contributed by atoms with Gasteiger partial charge >= 0.3 is 0 Å². The fraction of sp³-hybridized carbons (Fsp3) is 0.857. The standard InChI is InChI=1S/C7H12N2O/c8-1-2-9-6-3-5(4-6)7(9)10/h5-6H,1-4,8H2. The number of fused-ring (bicyclic) bond motifs is 1. The molecule has 2 N–H and O–H groups in total. The van der Waals surface area contributed by atoms with Crippen molar-refractivity contribution < 1.29 is 4.79 Å². The van der Waals surface area contributed by atoms with Gasteiger partial charge < -0.3 is 10.6 Å². The zero-order chi connectivity index (χ0) is 7.14. The summed E-state index contributed by atoms with van der Waals surface area (Å²) in [6.45, 7) is 1.37. The fourth-order valence-electron chi connectivity index (χ4n) is 1.89. The van der Waals surface area contributed by atoms with E-state index in [0.29, 0.717) is 24.4 Å². The van der Waals surface area contributed by atoms with Gasteiger partial charge in [-0.25, -0.2) is 0 Å². The van der Waals surface area contributed by atoms with E-state index in [1.54, 1.807) is 0 Å². The molecule has 2 aliphatic heterocycles. The van der Waals surface area contributed by atoms with Crippen LogP contribution in [0.25, 0.3) is 0 Å².